The molecule has 0 fully saturated rings. The first kappa shape index (κ1) is 14.4. The maximum atomic E-state index is 3.80. The fourth-order valence-electron chi connectivity index (χ4n) is 2.06. The van der Waals surface area contributed by atoms with Crippen LogP contribution in [0, 0.1) is 0 Å². The predicted molar refractivity (Wildman–Crippen MR) is 68.4 cm³/mol. The maximum Gasteiger partial charge on any atom is 0.161 e. The first-order chi connectivity index (χ1) is 7.17. The lowest BCUT2D eigenvalue weighted by Gasteiger charge is -2.35. The van der Waals surface area contributed by atoms with E-state index < -0.39 is 0 Å². The molecule has 0 unspecified atom stereocenters. The van der Waals surface area contributed by atoms with E-state index in [0.717, 1.165) is 6.54 Å². The molecule has 15 heavy (non-hydrogen) atoms. The Morgan fingerprint density at radius 1 is 1.13 bits per heavy atom. The van der Waals surface area contributed by atoms with Crippen molar-refractivity contribution in [1.29, 1.82) is 0 Å². The molecule has 0 saturated heterocycles. The summed E-state index contributed by atoms with van der Waals surface area (Å²) in [5.74, 6) is 0. The molecular weight excluding hydrogens is 184 g/mol. The Hall–Kier alpha value is -0.630. The highest BCUT2D eigenvalue weighted by Crippen LogP contribution is 2.07. The SMILES string of the molecule is C=C/[N+](=C\C)CCC[N+](CC)(CC)CC. The summed E-state index contributed by atoms with van der Waals surface area (Å²) in [6.07, 6.45) is 5.23. The minimum Gasteiger partial charge on any atom is -0.324 e. The number of nitrogens with zero attached hydrogens (tertiary/aromatic N) is 2. The summed E-state index contributed by atoms with van der Waals surface area (Å²) in [6, 6.07) is 0. The van der Waals surface area contributed by atoms with Crippen LogP contribution in [0.3, 0.4) is 0 Å². The molecule has 0 aromatic heterocycles. The Morgan fingerprint density at radius 2 is 1.67 bits per heavy atom. The molecule has 0 rings (SSSR count). The molecule has 0 aliphatic carbocycles. The zero-order valence-electron chi connectivity index (χ0n) is 11.0. The number of hydrogen-bond acceptors (Lipinski definition) is 0. The second kappa shape index (κ2) is 7.63. The lowest BCUT2D eigenvalue weighted by atomic mass is 10.2. The number of quaternary nitrogens is 1. The van der Waals surface area contributed by atoms with Gasteiger partial charge in [-0.25, -0.2) is 4.58 Å². The summed E-state index contributed by atoms with van der Waals surface area (Å²) in [4.78, 5) is 0. The van der Waals surface area contributed by atoms with Crippen molar-refractivity contribution in [2.45, 2.75) is 34.1 Å². The minimum absolute atomic E-state index is 1.10. The van der Waals surface area contributed by atoms with E-state index in [9.17, 15) is 0 Å². The third kappa shape index (κ3) is 4.61. The van der Waals surface area contributed by atoms with Gasteiger partial charge in [-0.05, 0) is 27.4 Å². The molecule has 0 radical (unpaired) electrons. The third-order valence-electron chi connectivity index (χ3n) is 3.63. The van der Waals surface area contributed by atoms with E-state index in [1.54, 1.807) is 0 Å². The van der Waals surface area contributed by atoms with Crippen LogP contribution < -0.4 is 0 Å². The first-order valence-corrected chi connectivity index (χ1v) is 6.20. The van der Waals surface area contributed by atoms with Crippen molar-refractivity contribution >= 4 is 6.21 Å². The van der Waals surface area contributed by atoms with E-state index in [1.807, 2.05) is 6.20 Å². The standard InChI is InChI=1S/C13H28N2/c1-6-14(7-2)12-11-13-15(8-3,9-4)10-5/h6-7H,1,8-13H2,2-5H3/q+2/b14-7+. The van der Waals surface area contributed by atoms with Crippen LogP contribution in [0.25, 0.3) is 0 Å². The van der Waals surface area contributed by atoms with Crippen molar-refractivity contribution in [2.75, 3.05) is 32.7 Å². The van der Waals surface area contributed by atoms with Crippen molar-refractivity contribution in [3.63, 3.8) is 0 Å². The fourth-order valence-corrected chi connectivity index (χ4v) is 2.06. The molecular formula is C13H28N2+2. The van der Waals surface area contributed by atoms with Gasteiger partial charge in [-0.1, -0.05) is 0 Å². The van der Waals surface area contributed by atoms with E-state index >= 15 is 0 Å². The van der Waals surface area contributed by atoms with Gasteiger partial charge >= 0.3 is 0 Å². The average Bonchev–Trinajstić information content (AvgIpc) is 2.31. The van der Waals surface area contributed by atoms with E-state index in [4.69, 9.17) is 0 Å². The fraction of sp³-hybridized carbons (Fsp3) is 0.769. The lowest BCUT2D eigenvalue weighted by Crippen LogP contribution is -2.48. The molecule has 2 nitrogen and oxygen atoms in total. The molecule has 0 bridgehead atoms. The van der Waals surface area contributed by atoms with Crippen LogP contribution in [0.2, 0.25) is 0 Å². The summed E-state index contributed by atoms with van der Waals surface area (Å²) in [5.41, 5.74) is 0. The Balaban J connectivity index is 4.06. The quantitative estimate of drug-likeness (QED) is 0.330. The molecule has 0 heterocycles. The van der Waals surface area contributed by atoms with Crippen LogP contribution in [0.4, 0.5) is 0 Å². The minimum atomic E-state index is 1.10. The average molecular weight is 212 g/mol. The van der Waals surface area contributed by atoms with Crippen molar-refractivity contribution in [3.8, 4) is 0 Å². The summed E-state index contributed by atoms with van der Waals surface area (Å²) in [5, 5.41) is 0. The molecule has 0 aliphatic heterocycles. The van der Waals surface area contributed by atoms with Gasteiger partial charge in [0.25, 0.3) is 0 Å². The predicted octanol–water partition coefficient (Wildman–Crippen LogP) is 2.50. The van der Waals surface area contributed by atoms with Gasteiger partial charge in [-0.3, -0.25) is 0 Å². The normalized spacial score (nSPS) is 12.9. The van der Waals surface area contributed by atoms with Crippen LogP contribution in [-0.4, -0.2) is 48.0 Å². The van der Waals surface area contributed by atoms with E-state index in [0.29, 0.717) is 0 Å². The number of hydrogen-bond donors (Lipinski definition) is 0. The highest BCUT2D eigenvalue weighted by Gasteiger charge is 2.20. The molecule has 0 atom stereocenters. The molecule has 0 aromatic rings. The van der Waals surface area contributed by atoms with E-state index in [1.165, 1.54) is 37.1 Å². The van der Waals surface area contributed by atoms with Crippen molar-refractivity contribution in [1.82, 2.24) is 0 Å². The molecule has 0 amide bonds. The smallest absolute Gasteiger partial charge is 0.161 e. The zero-order chi connectivity index (χ0) is 11.7. The van der Waals surface area contributed by atoms with Gasteiger partial charge < -0.3 is 4.48 Å². The highest BCUT2D eigenvalue weighted by molar-refractivity contribution is 5.47. The van der Waals surface area contributed by atoms with Crippen LogP contribution in [0.5, 0.6) is 0 Å². The summed E-state index contributed by atoms with van der Waals surface area (Å²) >= 11 is 0. The van der Waals surface area contributed by atoms with Crippen LogP contribution in [0.1, 0.15) is 34.1 Å². The lowest BCUT2D eigenvalue weighted by molar-refractivity contribution is -0.924. The maximum absolute atomic E-state index is 3.80. The molecule has 0 aliphatic rings. The Labute approximate surface area is 95.5 Å². The number of rotatable bonds is 8. The monoisotopic (exact) mass is 212 g/mol. The Morgan fingerprint density at radius 3 is 2.00 bits per heavy atom. The topological polar surface area (TPSA) is 3.01 Å². The van der Waals surface area contributed by atoms with Gasteiger partial charge in [0.15, 0.2) is 12.7 Å². The van der Waals surface area contributed by atoms with Crippen molar-refractivity contribution in [3.05, 3.63) is 12.8 Å². The van der Waals surface area contributed by atoms with Gasteiger partial charge in [0.05, 0.1) is 32.6 Å². The molecule has 0 saturated carbocycles. The molecule has 2 heteroatoms. The molecule has 0 aromatic carbocycles. The molecule has 0 N–H and O–H groups in total. The van der Waals surface area contributed by atoms with Gasteiger partial charge in [0.2, 0.25) is 0 Å². The highest BCUT2D eigenvalue weighted by atomic mass is 15.3. The Kier molecular flexibility index (Phi) is 7.31. The van der Waals surface area contributed by atoms with E-state index in [-0.39, 0.29) is 0 Å². The summed E-state index contributed by atoms with van der Waals surface area (Å²) in [6.45, 7) is 18.9. The van der Waals surface area contributed by atoms with Crippen molar-refractivity contribution < 1.29 is 9.06 Å². The third-order valence-corrected chi connectivity index (χ3v) is 3.63. The van der Waals surface area contributed by atoms with Gasteiger partial charge in [-0.2, -0.15) is 0 Å². The molecule has 88 valence electrons. The first-order valence-electron chi connectivity index (χ1n) is 6.20. The van der Waals surface area contributed by atoms with Crippen LogP contribution >= 0.6 is 0 Å². The second-order valence-electron chi connectivity index (χ2n) is 4.05. The van der Waals surface area contributed by atoms with E-state index in [2.05, 4.69) is 45.1 Å². The molecule has 0 spiro atoms. The largest absolute Gasteiger partial charge is 0.324 e. The summed E-state index contributed by atoms with van der Waals surface area (Å²) < 4.78 is 3.41. The van der Waals surface area contributed by atoms with Gasteiger partial charge in [-0.15, -0.1) is 0 Å². The van der Waals surface area contributed by atoms with Crippen LogP contribution in [-0.2, 0) is 0 Å². The Bertz CT molecular complexity index is 194. The van der Waals surface area contributed by atoms with Crippen molar-refractivity contribution in [2.24, 2.45) is 0 Å². The van der Waals surface area contributed by atoms with Crippen LogP contribution in [0.15, 0.2) is 12.8 Å². The summed E-state index contributed by atoms with van der Waals surface area (Å²) in [7, 11) is 0. The zero-order valence-corrected chi connectivity index (χ0v) is 11.0. The second-order valence-corrected chi connectivity index (χ2v) is 4.05. The van der Waals surface area contributed by atoms with Gasteiger partial charge in [0.1, 0.15) is 6.21 Å². The van der Waals surface area contributed by atoms with Gasteiger partial charge in [0, 0.05) is 6.92 Å².